The minimum Gasteiger partial charge on any atom is -0.338 e. The van der Waals surface area contributed by atoms with E-state index in [0.717, 1.165) is 16.8 Å². The highest BCUT2D eigenvalue weighted by molar-refractivity contribution is 7.99. The number of hydrogen-bond donors (Lipinski definition) is 2. The van der Waals surface area contributed by atoms with Gasteiger partial charge in [0.05, 0.1) is 11.4 Å². The van der Waals surface area contributed by atoms with Crippen molar-refractivity contribution < 1.29 is 9.59 Å². The Morgan fingerprint density at radius 1 is 1.10 bits per heavy atom. The Morgan fingerprint density at radius 2 is 1.83 bits per heavy atom. The normalized spacial score (nSPS) is 10.8. The minimum atomic E-state index is -0.493. The second kappa shape index (κ2) is 10.0. The average Bonchev–Trinajstić information content (AvgIpc) is 3.15. The first-order valence-electron chi connectivity index (χ1n) is 9.58. The van der Waals surface area contributed by atoms with Gasteiger partial charge in [0.1, 0.15) is 0 Å². The molecule has 0 aliphatic carbocycles. The Morgan fingerprint density at radius 3 is 2.53 bits per heavy atom. The van der Waals surface area contributed by atoms with Gasteiger partial charge < -0.3 is 5.32 Å². The van der Waals surface area contributed by atoms with Crippen LogP contribution in [0, 0.1) is 12.8 Å². The number of urea groups is 1. The van der Waals surface area contributed by atoms with E-state index in [0.29, 0.717) is 23.4 Å². The fourth-order valence-corrected chi connectivity index (χ4v) is 3.46. The zero-order valence-electron chi connectivity index (χ0n) is 17.1. The molecule has 0 aliphatic heterocycles. The lowest BCUT2D eigenvalue weighted by Crippen LogP contribution is -2.41. The van der Waals surface area contributed by atoms with E-state index in [1.807, 2.05) is 61.7 Å². The molecule has 3 rings (SSSR count). The van der Waals surface area contributed by atoms with Crippen molar-refractivity contribution in [3.8, 4) is 17.1 Å². The van der Waals surface area contributed by atoms with Gasteiger partial charge in [-0.25, -0.2) is 4.79 Å². The summed E-state index contributed by atoms with van der Waals surface area (Å²) >= 11 is 1.22. The Labute approximate surface area is 179 Å². The molecule has 0 radical (unpaired) electrons. The number of carbonyl (C=O) groups is 2. The van der Waals surface area contributed by atoms with E-state index in [1.54, 1.807) is 12.4 Å². The van der Waals surface area contributed by atoms with Gasteiger partial charge in [-0.1, -0.05) is 43.8 Å². The Bertz CT molecular complexity index is 1020. The molecule has 30 heavy (non-hydrogen) atoms. The van der Waals surface area contributed by atoms with Crippen LogP contribution in [0.5, 0.6) is 0 Å². The van der Waals surface area contributed by atoms with Crippen LogP contribution < -0.4 is 10.6 Å². The van der Waals surface area contributed by atoms with Crippen molar-refractivity contribution in [3.05, 3.63) is 54.4 Å². The Hall–Kier alpha value is -3.20. The molecular formula is C21H24N6O2S. The molecule has 2 N–H and O–H groups in total. The summed E-state index contributed by atoms with van der Waals surface area (Å²) in [5.74, 6) is 0.602. The van der Waals surface area contributed by atoms with Crippen LogP contribution in [0.15, 0.2) is 53.9 Å². The molecule has 0 spiro atoms. The zero-order chi connectivity index (χ0) is 21.5. The standard InChI is InChI=1S/C21H24N6O2S/c1-14(2)12-23-20(29)24-18(28)13-30-21-26-25-19(16-8-10-22-11-9-16)27(21)17-7-5-4-6-15(17)3/h4-11,14H,12-13H2,1-3H3,(H2,23,24,28,29). The van der Waals surface area contributed by atoms with Crippen molar-refractivity contribution in [2.75, 3.05) is 12.3 Å². The van der Waals surface area contributed by atoms with Crippen LogP contribution in [0.1, 0.15) is 19.4 Å². The SMILES string of the molecule is Cc1ccccc1-n1c(SCC(=O)NC(=O)NCC(C)C)nnc1-c1ccncc1. The number of nitrogens with zero attached hydrogens (tertiary/aromatic N) is 4. The molecule has 0 bridgehead atoms. The lowest BCUT2D eigenvalue weighted by molar-refractivity contribution is -0.117. The van der Waals surface area contributed by atoms with E-state index in [9.17, 15) is 9.59 Å². The second-order valence-corrected chi connectivity index (χ2v) is 8.05. The van der Waals surface area contributed by atoms with Crippen molar-refractivity contribution >= 4 is 23.7 Å². The highest BCUT2D eigenvalue weighted by atomic mass is 32.2. The van der Waals surface area contributed by atoms with Crippen LogP contribution in [0.25, 0.3) is 17.1 Å². The van der Waals surface area contributed by atoms with Gasteiger partial charge in [-0.2, -0.15) is 0 Å². The molecule has 9 heteroatoms. The van der Waals surface area contributed by atoms with E-state index < -0.39 is 11.9 Å². The van der Waals surface area contributed by atoms with Gasteiger partial charge in [-0.3, -0.25) is 19.7 Å². The van der Waals surface area contributed by atoms with E-state index >= 15 is 0 Å². The summed E-state index contributed by atoms with van der Waals surface area (Å²) in [6.07, 6.45) is 3.39. The van der Waals surface area contributed by atoms with Gasteiger partial charge in [0.25, 0.3) is 0 Å². The summed E-state index contributed by atoms with van der Waals surface area (Å²) < 4.78 is 1.92. The maximum absolute atomic E-state index is 12.2. The van der Waals surface area contributed by atoms with Crippen molar-refractivity contribution in [1.29, 1.82) is 0 Å². The summed E-state index contributed by atoms with van der Waals surface area (Å²) in [6.45, 7) is 6.47. The van der Waals surface area contributed by atoms with Crippen molar-refractivity contribution in [1.82, 2.24) is 30.4 Å². The Kier molecular flexibility index (Phi) is 7.18. The maximum atomic E-state index is 12.2. The van der Waals surface area contributed by atoms with Crippen LogP contribution in [-0.4, -0.2) is 44.0 Å². The van der Waals surface area contributed by atoms with Crippen LogP contribution >= 0.6 is 11.8 Å². The van der Waals surface area contributed by atoms with Gasteiger partial charge in [0.2, 0.25) is 5.91 Å². The monoisotopic (exact) mass is 424 g/mol. The largest absolute Gasteiger partial charge is 0.338 e. The average molecular weight is 425 g/mol. The first kappa shape index (κ1) is 21.5. The van der Waals surface area contributed by atoms with Crippen LogP contribution in [0.2, 0.25) is 0 Å². The fraction of sp³-hybridized carbons (Fsp3) is 0.286. The van der Waals surface area contributed by atoms with E-state index in [-0.39, 0.29) is 5.75 Å². The Balaban J connectivity index is 1.80. The van der Waals surface area contributed by atoms with Crippen LogP contribution in [0.3, 0.4) is 0 Å². The van der Waals surface area contributed by atoms with Gasteiger partial charge in [-0.05, 0) is 36.6 Å². The fourth-order valence-electron chi connectivity index (χ4n) is 2.72. The summed E-state index contributed by atoms with van der Waals surface area (Å²) in [5, 5.41) is 14.2. The van der Waals surface area contributed by atoms with E-state index in [2.05, 4.69) is 25.8 Å². The third kappa shape index (κ3) is 5.44. The maximum Gasteiger partial charge on any atom is 0.321 e. The molecule has 0 saturated carbocycles. The molecule has 2 heterocycles. The number of para-hydroxylation sites is 1. The van der Waals surface area contributed by atoms with Gasteiger partial charge >= 0.3 is 6.03 Å². The number of benzene rings is 1. The van der Waals surface area contributed by atoms with Gasteiger partial charge in [0.15, 0.2) is 11.0 Å². The molecule has 0 saturated heterocycles. The van der Waals surface area contributed by atoms with E-state index in [4.69, 9.17) is 0 Å². The number of hydrogen-bond acceptors (Lipinski definition) is 6. The number of aromatic nitrogens is 4. The zero-order valence-corrected chi connectivity index (χ0v) is 17.9. The molecule has 3 amide bonds. The second-order valence-electron chi connectivity index (χ2n) is 7.10. The number of amides is 3. The summed E-state index contributed by atoms with van der Waals surface area (Å²) in [5.41, 5.74) is 2.84. The molecule has 0 aliphatic rings. The van der Waals surface area contributed by atoms with Crippen LogP contribution in [0.4, 0.5) is 4.79 Å². The minimum absolute atomic E-state index is 0.0372. The number of aryl methyl sites for hydroxylation is 1. The quantitative estimate of drug-likeness (QED) is 0.565. The highest BCUT2D eigenvalue weighted by Gasteiger charge is 2.19. The predicted octanol–water partition coefficient (Wildman–Crippen LogP) is 3.21. The third-order valence-electron chi connectivity index (χ3n) is 4.18. The lowest BCUT2D eigenvalue weighted by atomic mass is 10.2. The smallest absolute Gasteiger partial charge is 0.321 e. The predicted molar refractivity (Wildman–Crippen MR) is 116 cm³/mol. The van der Waals surface area contributed by atoms with Crippen LogP contribution in [-0.2, 0) is 4.79 Å². The highest BCUT2D eigenvalue weighted by Crippen LogP contribution is 2.29. The molecule has 0 unspecified atom stereocenters. The topological polar surface area (TPSA) is 102 Å². The summed E-state index contributed by atoms with van der Waals surface area (Å²) in [4.78, 5) is 28.1. The third-order valence-corrected chi connectivity index (χ3v) is 5.11. The number of rotatable bonds is 7. The van der Waals surface area contributed by atoms with Crippen molar-refractivity contribution in [3.63, 3.8) is 0 Å². The summed E-state index contributed by atoms with van der Waals surface area (Å²) in [6, 6.07) is 11.1. The first-order chi connectivity index (χ1) is 14.5. The number of imide groups is 1. The molecule has 0 atom stereocenters. The summed E-state index contributed by atoms with van der Waals surface area (Å²) in [7, 11) is 0. The molecule has 8 nitrogen and oxygen atoms in total. The van der Waals surface area contributed by atoms with Gasteiger partial charge in [-0.15, -0.1) is 10.2 Å². The molecule has 0 fully saturated rings. The first-order valence-corrected chi connectivity index (χ1v) is 10.6. The molecular weight excluding hydrogens is 400 g/mol. The number of thioether (sulfide) groups is 1. The number of nitrogens with one attached hydrogen (secondary N) is 2. The van der Waals surface area contributed by atoms with Crippen molar-refractivity contribution in [2.24, 2.45) is 5.92 Å². The molecule has 1 aromatic carbocycles. The number of carbonyl (C=O) groups excluding carboxylic acids is 2. The molecule has 156 valence electrons. The molecule has 3 aromatic rings. The lowest BCUT2D eigenvalue weighted by Gasteiger charge is -2.13. The number of pyridine rings is 1. The molecule has 2 aromatic heterocycles. The van der Waals surface area contributed by atoms with Gasteiger partial charge in [0, 0.05) is 24.5 Å². The van der Waals surface area contributed by atoms with E-state index in [1.165, 1.54) is 11.8 Å². The van der Waals surface area contributed by atoms with Crippen molar-refractivity contribution in [2.45, 2.75) is 25.9 Å².